The van der Waals surface area contributed by atoms with Crippen LogP contribution in [0.1, 0.15) is 31.1 Å². The number of amides is 1. The third kappa shape index (κ3) is 4.34. The van der Waals surface area contributed by atoms with Gasteiger partial charge in [-0.1, -0.05) is 0 Å². The van der Waals surface area contributed by atoms with Crippen LogP contribution < -0.4 is 5.32 Å². The predicted molar refractivity (Wildman–Crippen MR) is 71.3 cm³/mol. The molecule has 0 heterocycles. The number of benzene rings is 1. The van der Waals surface area contributed by atoms with Gasteiger partial charge in [-0.3, -0.25) is 14.9 Å². The molecule has 0 spiro atoms. The number of hydrogen-bond donors (Lipinski definition) is 1. The van der Waals surface area contributed by atoms with Gasteiger partial charge in [0.25, 0.3) is 11.6 Å². The average molecular weight is 280 g/mol. The largest absolute Gasteiger partial charge is 0.461 e. The van der Waals surface area contributed by atoms with E-state index >= 15 is 0 Å². The number of nitro benzene ring substituents is 1. The van der Waals surface area contributed by atoms with Crippen LogP contribution in [-0.4, -0.2) is 28.9 Å². The quantitative estimate of drug-likeness (QED) is 0.502. The lowest BCUT2D eigenvalue weighted by Gasteiger charge is -2.15. The van der Waals surface area contributed by atoms with Crippen molar-refractivity contribution < 1.29 is 19.2 Å². The Morgan fingerprint density at radius 3 is 2.20 bits per heavy atom. The predicted octanol–water partition coefficient (Wildman–Crippen LogP) is 1.66. The molecule has 1 rings (SSSR count). The summed E-state index contributed by atoms with van der Waals surface area (Å²) < 4.78 is 4.96. The molecule has 0 aromatic heterocycles. The Morgan fingerprint density at radius 1 is 1.20 bits per heavy atom. The number of nitrogens with zero attached hydrogens (tertiary/aromatic N) is 1. The van der Waals surface area contributed by atoms with E-state index in [1.807, 2.05) is 0 Å². The second kappa shape index (κ2) is 6.65. The highest BCUT2D eigenvalue weighted by molar-refractivity contribution is 5.96. The highest BCUT2D eigenvalue weighted by Crippen LogP contribution is 2.12. The van der Waals surface area contributed by atoms with E-state index in [9.17, 15) is 19.7 Å². The van der Waals surface area contributed by atoms with Crippen molar-refractivity contribution in [1.82, 2.24) is 5.32 Å². The van der Waals surface area contributed by atoms with Crippen molar-refractivity contribution in [3.8, 4) is 0 Å². The van der Waals surface area contributed by atoms with Gasteiger partial charge in [0, 0.05) is 17.7 Å². The molecule has 1 amide bonds. The Hall–Kier alpha value is -2.44. The van der Waals surface area contributed by atoms with Crippen LogP contribution in [0.5, 0.6) is 0 Å². The van der Waals surface area contributed by atoms with Crippen molar-refractivity contribution in [3.05, 3.63) is 39.9 Å². The second-order valence-electron chi connectivity index (χ2n) is 4.48. The van der Waals surface area contributed by atoms with E-state index < -0.39 is 22.8 Å². The van der Waals surface area contributed by atoms with Crippen molar-refractivity contribution in [2.24, 2.45) is 0 Å². The second-order valence-corrected chi connectivity index (χ2v) is 4.48. The Balaban J connectivity index is 2.66. The molecule has 1 N–H and O–H groups in total. The summed E-state index contributed by atoms with van der Waals surface area (Å²) in [4.78, 5) is 33.3. The normalized spacial score (nSPS) is 11.8. The Kier molecular flexibility index (Phi) is 5.19. The third-order valence-corrected chi connectivity index (χ3v) is 2.39. The summed E-state index contributed by atoms with van der Waals surface area (Å²) in [6.45, 7) is 4.93. The zero-order valence-electron chi connectivity index (χ0n) is 11.5. The molecule has 0 bridgehead atoms. The lowest BCUT2D eigenvalue weighted by molar-refractivity contribution is -0.384. The van der Waals surface area contributed by atoms with Crippen molar-refractivity contribution >= 4 is 17.6 Å². The van der Waals surface area contributed by atoms with Crippen LogP contribution in [0.3, 0.4) is 0 Å². The monoisotopic (exact) mass is 280 g/mol. The van der Waals surface area contributed by atoms with E-state index in [2.05, 4.69) is 5.32 Å². The van der Waals surface area contributed by atoms with Crippen LogP contribution in [0.25, 0.3) is 0 Å². The first-order valence-electron chi connectivity index (χ1n) is 6.07. The zero-order valence-corrected chi connectivity index (χ0v) is 11.5. The summed E-state index contributed by atoms with van der Waals surface area (Å²) in [7, 11) is 0. The number of ether oxygens (including phenoxy) is 1. The lowest BCUT2D eigenvalue weighted by atomic mass is 10.2. The molecule has 1 atom stereocenters. The van der Waals surface area contributed by atoms with Crippen molar-refractivity contribution in [2.75, 3.05) is 0 Å². The van der Waals surface area contributed by atoms with E-state index in [-0.39, 0.29) is 17.4 Å². The van der Waals surface area contributed by atoms with Crippen LogP contribution >= 0.6 is 0 Å². The summed E-state index contributed by atoms with van der Waals surface area (Å²) in [5.74, 6) is -1.02. The average Bonchev–Trinajstić information content (AvgIpc) is 2.37. The fourth-order valence-electron chi connectivity index (χ4n) is 1.41. The molecule has 0 unspecified atom stereocenters. The van der Waals surface area contributed by atoms with Crippen molar-refractivity contribution in [3.63, 3.8) is 0 Å². The maximum absolute atomic E-state index is 11.8. The summed E-state index contributed by atoms with van der Waals surface area (Å²) in [6, 6.07) is 4.32. The minimum absolute atomic E-state index is 0.103. The van der Waals surface area contributed by atoms with Gasteiger partial charge in [-0.25, -0.2) is 4.79 Å². The van der Waals surface area contributed by atoms with Gasteiger partial charge in [0.15, 0.2) is 0 Å². The lowest BCUT2D eigenvalue weighted by Crippen LogP contribution is -2.40. The van der Waals surface area contributed by atoms with Gasteiger partial charge in [-0.2, -0.15) is 0 Å². The first-order valence-corrected chi connectivity index (χ1v) is 6.07. The number of carbonyl (C=O) groups is 2. The highest BCUT2D eigenvalue weighted by atomic mass is 16.6. The molecule has 0 aliphatic heterocycles. The van der Waals surface area contributed by atoms with Crippen LogP contribution in [0, 0.1) is 10.1 Å². The number of non-ortho nitro benzene ring substituents is 1. The Labute approximate surface area is 116 Å². The SMILES string of the molecule is CC(C)OC(=O)[C@H](C)NC(=O)c1ccc([N+](=O)[O-])cc1. The van der Waals surface area contributed by atoms with E-state index in [1.165, 1.54) is 31.2 Å². The molecule has 0 radical (unpaired) electrons. The molecule has 108 valence electrons. The van der Waals surface area contributed by atoms with Crippen LogP contribution in [0.4, 0.5) is 5.69 Å². The summed E-state index contributed by atoms with van der Waals surface area (Å²) in [6.07, 6.45) is -0.263. The fraction of sp³-hybridized carbons (Fsp3) is 0.385. The van der Waals surface area contributed by atoms with Gasteiger partial charge in [-0.15, -0.1) is 0 Å². The fourth-order valence-corrected chi connectivity index (χ4v) is 1.41. The number of hydrogen-bond acceptors (Lipinski definition) is 5. The minimum atomic E-state index is -0.792. The maximum Gasteiger partial charge on any atom is 0.328 e. The number of nitro groups is 1. The minimum Gasteiger partial charge on any atom is -0.461 e. The van der Waals surface area contributed by atoms with Gasteiger partial charge in [0.1, 0.15) is 6.04 Å². The Morgan fingerprint density at radius 2 is 1.75 bits per heavy atom. The smallest absolute Gasteiger partial charge is 0.328 e. The molecule has 0 saturated carbocycles. The van der Waals surface area contributed by atoms with Crippen LogP contribution in [0.2, 0.25) is 0 Å². The van der Waals surface area contributed by atoms with Crippen LogP contribution in [0.15, 0.2) is 24.3 Å². The molecule has 1 aromatic rings. The molecule has 0 aliphatic carbocycles. The first kappa shape index (κ1) is 15.6. The summed E-state index contributed by atoms with van der Waals surface area (Å²) in [5.41, 5.74) is 0.133. The molecule has 0 aliphatic rings. The van der Waals surface area contributed by atoms with E-state index in [4.69, 9.17) is 4.74 Å². The standard InChI is InChI=1S/C13H16N2O5/c1-8(2)20-13(17)9(3)14-12(16)10-4-6-11(7-5-10)15(18)19/h4-9H,1-3H3,(H,14,16)/t9-/m0/s1. The van der Waals surface area contributed by atoms with Crippen molar-refractivity contribution in [1.29, 1.82) is 0 Å². The topological polar surface area (TPSA) is 98.5 Å². The molecule has 7 heteroatoms. The van der Waals surface area contributed by atoms with Gasteiger partial charge in [-0.05, 0) is 32.9 Å². The van der Waals surface area contributed by atoms with Gasteiger partial charge in [0.05, 0.1) is 11.0 Å². The maximum atomic E-state index is 11.8. The summed E-state index contributed by atoms with van der Waals surface area (Å²) >= 11 is 0. The number of esters is 1. The van der Waals surface area contributed by atoms with E-state index in [0.717, 1.165) is 0 Å². The third-order valence-electron chi connectivity index (χ3n) is 2.39. The molecule has 7 nitrogen and oxygen atoms in total. The molecule has 20 heavy (non-hydrogen) atoms. The molecule has 0 fully saturated rings. The number of carbonyl (C=O) groups excluding carboxylic acids is 2. The first-order chi connectivity index (χ1) is 9.31. The van der Waals surface area contributed by atoms with E-state index in [0.29, 0.717) is 0 Å². The van der Waals surface area contributed by atoms with Crippen molar-refractivity contribution in [2.45, 2.75) is 32.9 Å². The number of nitrogens with one attached hydrogen (secondary N) is 1. The van der Waals surface area contributed by atoms with Gasteiger partial charge < -0.3 is 10.1 Å². The molecule has 0 saturated heterocycles. The zero-order chi connectivity index (χ0) is 15.3. The van der Waals surface area contributed by atoms with Gasteiger partial charge >= 0.3 is 5.97 Å². The van der Waals surface area contributed by atoms with E-state index in [1.54, 1.807) is 13.8 Å². The van der Waals surface area contributed by atoms with Crippen LogP contribution in [-0.2, 0) is 9.53 Å². The molecular formula is C13H16N2O5. The number of rotatable bonds is 5. The highest BCUT2D eigenvalue weighted by Gasteiger charge is 2.19. The van der Waals surface area contributed by atoms with Gasteiger partial charge in [0.2, 0.25) is 0 Å². The molecule has 1 aromatic carbocycles. The summed E-state index contributed by atoms with van der Waals surface area (Å²) in [5, 5.41) is 13.0. The molecular weight excluding hydrogens is 264 g/mol. The Bertz CT molecular complexity index is 510.